The molecule has 3 heteroatoms. The highest BCUT2D eigenvalue weighted by Gasteiger charge is 2.26. The first-order valence-electron chi connectivity index (χ1n) is 7.20. The predicted molar refractivity (Wildman–Crippen MR) is 89.1 cm³/mol. The highest BCUT2D eigenvalue weighted by Crippen LogP contribution is 2.26. The number of ether oxygens (including phenoxy) is 1. The number of hydrogen-bond acceptors (Lipinski definition) is 3. The third-order valence-corrected chi connectivity index (χ3v) is 4.02. The summed E-state index contributed by atoms with van der Waals surface area (Å²) >= 11 is 0. The normalized spacial score (nSPS) is 13.5. The zero-order chi connectivity index (χ0) is 15.3. The number of nitrogens with zero attached hydrogens (tertiary/aromatic N) is 1. The first kappa shape index (κ1) is 15.4. The van der Waals surface area contributed by atoms with Crippen molar-refractivity contribution in [2.75, 3.05) is 32.1 Å². The van der Waals surface area contributed by atoms with Crippen molar-refractivity contribution in [2.24, 2.45) is 5.73 Å². The van der Waals surface area contributed by atoms with Gasteiger partial charge in [0.1, 0.15) is 5.75 Å². The first-order chi connectivity index (χ1) is 10.1. The zero-order valence-corrected chi connectivity index (χ0v) is 13.0. The fourth-order valence-electron chi connectivity index (χ4n) is 2.57. The molecule has 1 unspecified atom stereocenters. The van der Waals surface area contributed by atoms with E-state index in [1.54, 1.807) is 7.11 Å². The van der Waals surface area contributed by atoms with E-state index < -0.39 is 0 Å². The van der Waals surface area contributed by atoms with Crippen molar-refractivity contribution in [3.05, 3.63) is 60.2 Å². The van der Waals surface area contributed by atoms with Gasteiger partial charge in [0, 0.05) is 31.2 Å². The van der Waals surface area contributed by atoms with Gasteiger partial charge in [0.2, 0.25) is 0 Å². The van der Waals surface area contributed by atoms with Crippen molar-refractivity contribution in [2.45, 2.75) is 12.3 Å². The average Bonchev–Trinajstić information content (AvgIpc) is 2.55. The van der Waals surface area contributed by atoms with E-state index in [9.17, 15) is 0 Å². The van der Waals surface area contributed by atoms with E-state index in [1.165, 1.54) is 5.56 Å². The standard InChI is InChI=1S/C18H24N2O/c1-18(13-19,15-7-5-4-6-8-15)14-20(2)16-9-11-17(21-3)12-10-16/h4-12H,13-14,19H2,1-3H3. The Kier molecular flexibility index (Phi) is 4.86. The third-order valence-electron chi connectivity index (χ3n) is 4.02. The first-order valence-corrected chi connectivity index (χ1v) is 7.20. The zero-order valence-electron chi connectivity index (χ0n) is 13.0. The summed E-state index contributed by atoms with van der Waals surface area (Å²) in [7, 11) is 3.78. The van der Waals surface area contributed by atoms with Gasteiger partial charge in [0.25, 0.3) is 0 Å². The van der Waals surface area contributed by atoms with Crippen LogP contribution in [-0.4, -0.2) is 27.2 Å². The molecule has 0 heterocycles. The van der Waals surface area contributed by atoms with Crippen molar-refractivity contribution in [1.82, 2.24) is 0 Å². The van der Waals surface area contributed by atoms with Crippen molar-refractivity contribution >= 4 is 5.69 Å². The molecule has 1 atom stereocenters. The molecule has 2 rings (SSSR count). The highest BCUT2D eigenvalue weighted by atomic mass is 16.5. The summed E-state index contributed by atoms with van der Waals surface area (Å²) in [5, 5.41) is 0. The van der Waals surface area contributed by atoms with Crippen molar-refractivity contribution in [1.29, 1.82) is 0 Å². The lowest BCUT2D eigenvalue weighted by atomic mass is 9.82. The van der Waals surface area contributed by atoms with E-state index in [1.807, 2.05) is 18.2 Å². The van der Waals surface area contributed by atoms with Gasteiger partial charge in [0.05, 0.1) is 7.11 Å². The largest absolute Gasteiger partial charge is 0.497 e. The molecule has 21 heavy (non-hydrogen) atoms. The second-order valence-corrected chi connectivity index (χ2v) is 5.68. The van der Waals surface area contributed by atoms with Crippen LogP contribution in [0.4, 0.5) is 5.69 Å². The van der Waals surface area contributed by atoms with Gasteiger partial charge in [-0.05, 0) is 29.8 Å². The van der Waals surface area contributed by atoms with Crippen LogP contribution in [0.5, 0.6) is 5.75 Å². The number of nitrogens with two attached hydrogens (primary N) is 1. The van der Waals surface area contributed by atoms with E-state index >= 15 is 0 Å². The molecule has 0 fully saturated rings. The van der Waals surface area contributed by atoms with Crippen molar-refractivity contribution < 1.29 is 4.74 Å². The highest BCUT2D eigenvalue weighted by molar-refractivity contribution is 5.49. The maximum atomic E-state index is 6.06. The Morgan fingerprint density at radius 1 is 1.05 bits per heavy atom. The Morgan fingerprint density at radius 3 is 2.19 bits per heavy atom. The number of likely N-dealkylation sites (N-methyl/N-ethyl adjacent to an activating group) is 1. The lowest BCUT2D eigenvalue weighted by Gasteiger charge is -2.34. The molecule has 0 amide bonds. The van der Waals surface area contributed by atoms with Crippen molar-refractivity contribution in [3.8, 4) is 5.75 Å². The van der Waals surface area contributed by atoms with Crippen LogP contribution in [0.2, 0.25) is 0 Å². The van der Waals surface area contributed by atoms with Gasteiger partial charge in [-0.1, -0.05) is 37.3 Å². The van der Waals surface area contributed by atoms with Crippen LogP contribution in [0, 0.1) is 0 Å². The number of hydrogen-bond donors (Lipinski definition) is 1. The molecule has 0 radical (unpaired) electrons. The number of benzene rings is 2. The van der Waals surface area contributed by atoms with Crippen molar-refractivity contribution in [3.63, 3.8) is 0 Å². The maximum Gasteiger partial charge on any atom is 0.119 e. The summed E-state index contributed by atoms with van der Waals surface area (Å²) in [6.07, 6.45) is 0. The molecule has 2 aromatic carbocycles. The molecular formula is C18H24N2O. The van der Waals surface area contributed by atoms with E-state index in [-0.39, 0.29) is 5.41 Å². The van der Waals surface area contributed by atoms with E-state index in [4.69, 9.17) is 10.5 Å². The van der Waals surface area contributed by atoms with Gasteiger partial charge < -0.3 is 15.4 Å². The predicted octanol–water partition coefficient (Wildman–Crippen LogP) is 3.05. The molecule has 0 spiro atoms. The SMILES string of the molecule is COc1ccc(N(C)CC(C)(CN)c2ccccc2)cc1. The van der Waals surface area contributed by atoms with Gasteiger partial charge in [-0.3, -0.25) is 0 Å². The summed E-state index contributed by atoms with van der Waals surface area (Å²) in [4.78, 5) is 2.24. The van der Waals surface area contributed by atoms with Gasteiger partial charge in [-0.2, -0.15) is 0 Å². The number of anilines is 1. The van der Waals surface area contributed by atoms with Gasteiger partial charge in [0.15, 0.2) is 0 Å². The Hall–Kier alpha value is -2.00. The van der Waals surface area contributed by atoms with Gasteiger partial charge in [-0.25, -0.2) is 0 Å². The molecule has 0 bridgehead atoms. The molecule has 2 aromatic rings. The second kappa shape index (κ2) is 6.64. The van der Waals surface area contributed by atoms with Crippen LogP contribution in [0.25, 0.3) is 0 Å². The van der Waals surface area contributed by atoms with E-state index in [2.05, 4.69) is 55.3 Å². The van der Waals surface area contributed by atoms with Gasteiger partial charge in [-0.15, -0.1) is 0 Å². The summed E-state index contributed by atoms with van der Waals surface area (Å²) in [5.74, 6) is 0.872. The monoisotopic (exact) mass is 284 g/mol. The minimum Gasteiger partial charge on any atom is -0.497 e. The van der Waals surface area contributed by atoms with E-state index in [0.29, 0.717) is 6.54 Å². The van der Waals surface area contributed by atoms with Crippen LogP contribution >= 0.6 is 0 Å². The summed E-state index contributed by atoms with van der Waals surface area (Å²) in [6, 6.07) is 18.6. The molecule has 0 aromatic heterocycles. The summed E-state index contributed by atoms with van der Waals surface area (Å²) in [6.45, 7) is 3.68. The van der Waals surface area contributed by atoms with E-state index in [0.717, 1.165) is 18.0 Å². The molecule has 0 aliphatic carbocycles. The number of methoxy groups -OCH3 is 1. The minimum absolute atomic E-state index is 0.0735. The summed E-state index contributed by atoms with van der Waals surface area (Å²) < 4.78 is 5.20. The smallest absolute Gasteiger partial charge is 0.119 e. The lowest BCUT2D eigenvalue weighted by molar-refractivity contribution is 0.414. The Bertz CT molecular complexity index is 553. The van der Waals surface area contributed by atoms with Crippen LogP contribution in [0.15, 0.2) is 54.6 Å². The fraction of sp³-hybridized carbons (Fsp3) is 0.333. The summed E-state index contributed by atoms with van der Waals surface area (Å²) in [5.41, 5.74) is 8.42. The number of rotatable bonds is 6. The molecule has 0 aliphatic heterocycles. The Balaban J connectivity index is 2.17. The Labute approximate surface area is 127 Å². The van der Waals surface area contributed by atoms with Crippen LogP contribution in [-0.2, 0) is 5.41 Å². The minimum atomic E-state index is -0.0735. The van der Waals surface area contributed by atoms with Gasteiger partial charge >= 0.3 is 0 Å². The molecule has 0 saturated carbocycles. The third kappa shape index (κ3) is 3.56. The van der Waals surface area contributed by atoms with Crippen LogP contribution in [0.3, 0.4) is 0 Å². The average molecular weight is 284 g/mol. The lowest BCUT2D eigenvalue weighted by Crippen LogP contribution is -2.42. The van der Waals surface area contributed by atoms with Crippen LogP contribution < -0.4 is 15.4 Å². The maximum absolute atomic E-state index is 6.06. The quantitative estimate of drug-likeness (QED) is 0.886. The molecule has 0 aliphatic rings. The fourth-order valence-corrected chi connectivity index (χ4v) is 2.57. The molecule has 2 N–H and O–H groups in total. The second-order valence-electron chi connectivity index (χ2n) is 5.68. The molecule has 3 nitrogen and oxygen atoms in total. The molecule has 0 saturated heterocycles. The Morgan fingerprint density at radius 2 is 1.67 bits per heavy atom. The molecule has 112 valence electrons. The molecular weight excluding hydrogens is 260 g/mol. The van der Waals surface area contributed by atoms with Crippen LogP contribution in [0.1, 0.15) is 12.5 Å². The topological polar surface area (TPSA) is 38.5 Å².